The maximum atomic E-state index is 13.3. The number of hydrogen-bond acceptors (Lipinski definition) is 4. The van der Waals surface area contributed by atoms with Crippen LogP contribution in [-0.4, -0.2) is 37.2 Å². The maximum absolute atomic E-state index is 13.3. The number of pyridine rings is 1. The summed E-state index contributed by atoms with van der Waals surface area (Å²) in [5.41, 5.74) is 0.682. The molecule has 4 rings (SSSR count). The second kappa shape index (κ2) is 10.2. The van der Waals surface area contributed by atoms with Gasteiger partial charge in [-0.15, -0.1) is 0 Å². The molecule has 1 heterocycles. The molecule has 3 N–H and O–H groups in total. The number of benzene rings is 2. The lowest BCUT2D eigenvalue weighted by atomic mass is 9.91. The maximum Gasteiger partial charge on any atom is 0.418 e. The number of hydrogen-bond donors (Lipinski definition) is 3. The second-order valence-corrected chi connectivity index (χ2v) is 9.35. The third-order valence-corrected chi connectivity index (χ3v) is 6.36. The summed E-state index contributed by atoms with van der Waals surface area (Å²) < 4.78 is 39.8. The number of fused-ring (bicyclic) bond motifs is 1. The SMILES string of the molecule is CN(C)c1cc(NC2CCC(NC(=O)Nc3ccc(Cl)cc3C(F)(F)F)CC2)nc2ccccc12. The number of carbonyl (C=O) groups is 1. The lowest BCUT2D eigenvalue weighted by Crippen LogP contribution is -2.42. The van der Waals surface area contributed by atoms with Gasteiger partial charge in [0, 0.05) is 48.3 Å². The van der Waals surface area contributed by atoms with E-state index in [4.69, 9.17) is 16.6 Å². The first-order valence-corrected chi connectivity index (χ1v) is 11.8. The number of alkyl halides is 3. The monoisotopic (exact) mass is 505 g/mol. The molecule has 186 valence electrons. The molecule has 35 heavy (non-hydrogen) atoms. The summed E-state index contributed by atoms with van der Waals surface area (Å²) in [6, 6.07) is 12.7. The molecule has 1 fully saturated rings. The number of rotatable bonds is 5. The molecule has 2 amide bonds. The first-order valence-electron chi connectivity index (χ1n) is 11.4. The van der Waals surface area contributed by atoms with Crippen LogP contribution in [0.5, 0.6) is 0 Å². The van der Waals surface area contributed by atoms with Gasteiger partial charge >= 0.3 is 12.2 Å². The van der Waals surface area contributed by atoms with Crippen LogP contribution in [0.2, 0.25) is 5.02 Å². The van der Waals surface area contributed by atoms with Gasteiger partial charge in [0.1, 0.15) is 5.82 Å². The van der Waals surface area contributed by atoms with E-state index < -0.39 is 17.8 Å². The fourth-order valence-corrected chi connectivity index (χ4v) is 4.57. The molecule has 1 aliphatic carbocycles. The largest absolute Gasteiger partial charge is 0.418 e. The van der Waals surface area contributed by atoms with Crippen LogP contribution in [0.1, 0.15) is 31.2 Å². The van der Waals surface area contributed by atoms with E-state index in [1.165, 1.54) is 6.07 Å². The van der Waals surface area contributed by atoms with Gasteiger partial charge in [-0.25, -0.2) is 9.78 Å². The van der Waals surface area contributed by atoms with Crippen LogP contribution in [0.15, 0.2) is 48.5 Å². The standard InChI is InChI=1S/C25H27ClF3N5O/c1-34(2)22-14-23(32-20-6-4-3-5-18(20)22)30-16-8-10-17(11-9-16)31-24(35)33-21-12-7-15(26)13-19(21)25(27,28)29/h3-7,12-14,16-17H,8-11H2,1-2H3,(H,30,32)(H2,31,33,35). The molecule has 1 aliphatic rings. The Labute approximate surface area is 206 Å². The Hall–Kier alpha value is -3.20. The number of aromatic nitrogens is 1. The second-order valence-electron chi connectivity index (χ2n) is 8.92. The molecule has 0 unspecified atom stereocenters. The van der Waals surface area contributed by atoms with Crippen LogP contribution < -0.4 is 20.9 Å². The number of amides is 2. The van der Waals surface area contributed by atoms with Gasteiger partial charge in [0.15, 0.2) is 0 Å². The molecule has 3 aromatic rings. The number of anilines is 3. The molecule has 10 heteroatoms. The van der Waals surface area contributed by atoms with Crippen molar-refractivity contribution < 1.29 is 18.0 Å². The Kier molecular flexibility index (Phi) is 7.25. The number of carbonyl (C=O) groups excluding carboxylic acids is 1. The summed E-state index contributed by atoms with van der Waals surface area (Å²) in [7, 11) is 3.99. The Morgan fingerprint density at radius 1 is 1.03 bits per heavy atom. The smallest absolute Gasteiger partial charge is 0.377 e. The summed E-state index contributed by atoms with van der Waals surface area (Å²) in [4.78, 5) is 19.2. The van der Waals surface area contributed by atoms with E-state index in [0.717, 1.165) is 47.4 Å². The van der Waals surface area contributed by atoms with Crippen molar-refractivity contribution in [2.45, 2.75) is 43.9 Å². The molecule has 0 spiro atoms. The van der Waals surface area contributed by atoms with Crippen LogP contribution in [0.4, 0.5) is 35.2 Å². The van der Waals surface area contributed by atoms with E-state index in [9.17, 15) is 18.0 Å². The first-order chi connectivity index (χ1) is 16.6. The highest BCUT2D eigenvalue weighted by atomic mass is 35.5. The van der Waals surface area contributed by atoms with E-state index in [2.05, 4.69) is 20.9 Å². The number of nitrogens with zero attached hydrogens (tertiary/aromatic N) is 2. The van der Waals surface area contributed by atoms with Gasteiger partial charge in [-0.1, -0.05) is 29.8 Å². The van der Waals surface area contributed by atoms with Crippen LogP contribution in [-0.2, 0) is 6.18 Å². The summed E-state index contributed by atoms with van der Waals surface area (Å²) in [6.45, 7) is 0. The minimum atomic E-state index is -4.62. The van der Waals surface area contributed by atoms with Gasteiger partial charge in [-0.2, -0.15) is 13.2 Å². The highest BCUT2D eigenvalue weighted by Crippen LogP contribution is 2.36. The molecule has 1 aromatic heterocycles. The minimum absolute atomic E-state index is 0.0484. The Bertz CT molecular complexity index is 1210. The van der Waals surface area contributed by atoms with Gasteiger partial charge in [-0.3, -0.25) is 0 Å². The predicted molar refractivity (Wildman–Crippen MR) is 134 cm³/mol. The van der Waals surface area contributed by atoms with Gasteiger partial charge in [0.05, 0.1) is 16.8 Å². The lowest BCUT2D eigenvalue weighted by Gasteiger charge is -2.30. The molecular formula is C25H27ClF3N5O. The van der Waals surface area contributed by atoms with Gasteiger partial charge in [0.25, 0.3) is 0 Å². The van der Waals surface area contributed by atoms with Crippen LogP contribution in [0.25, 0.3) is 10.9 Å². The third kappa shape index (κ3) is 6.08. The molecular weight excluding hydrogens is 479 g/mol. The fraction of sp³-hybridized carbons (Fsp3) is 0.360. The molecule has 0 saturated heterocycles. The lowest BCUT2D eigenvalue weighted by molar-refractivity contribution is -0.136. The number of halogens is 4. The topological polar surface area (TPSA) is 69.3 Å². The summed E-state index contributed by atoms with van der Waals surface area (Å²) >= 11 is 5.70. The normalized spacial score (nSPS) is 18.2. The first kappa shape index (κ1) is 24.9. The highest BCUT2D eigenvalue weighted by Gasteiger charge is 2.34. The van der Waals surface area contributed by atoms with Crippen molar-refractivity contribution in [1.29, 1.82) is 0 Å². The summed E-state index contributed by atoms with van der Waals surface area (Å²) in [6.07, 6.45) is -1.63. The Morgan fingerprint density at radius 3 is 2.40 bits per heavy atom. The highest BCUT2D eigenvalue weighted by molar-refractivity contribution is 6.30. The average Bonchev–Trinajstić information content (AvgIpc) is 2.80. The zero-order valence-corrected chi connectivity index (χ0v) is 20.2. The van der Waals surface area contributed by atoms with Crippen LogP contribution in [0, 0.1) is 0 Å². The van der Waals surface area contributed by atoms with E-state index >= 15 is 0 Å². The van der Waals surface area contributed by atoms with Crippen LogP contribution >= 0.6 is 11.6 Å². The Morgan fingerprint density at radius 2 is 1.71 bits per heavy atom. The molecule has 0 aliphatic heterocycles. The van der Waals surface area contributed by atoms with E-state index in [0.29, 0.717) is 12.8 Å². The van der Waals surface area contributed by atoms with Crippen molar-refractivity contribution in [1.82, 2.24) is 10.3 Å². The number of urea groups is 1. The number of para-hydroxylation sites is 1. The van der Waals surface area contributed by atoms with Gasteiger partial charge in [-0.05, 0) is 49.9 Å². The minimum Gasteiger partial charge on any atom is -0.377 e. The Balaban J connectivity index is 1.34. The fourth-order valence-electron chi connectivity index (χ4n) is 4.40. The third-order valence-electron chi connectivity index (χ3n) is 6.13. The van der Waals surface area contributed by atoms with Crippen molar-refractivity contribution in [2.75, 3.05) is 29.6 Å². The summed E-state index contributed by atoms with van der Waals surface area (Å²) in [5, 5.41) is 9.65. The molecule has 1 saturated carbocycles. The van der Waals surface area contributed by atoms with Crippen molar-refractivity contribution in [3.8, 4) is 0 Å². The van der Waals surface area contributed by atoms with Crippen LogP contribution in [0.3, 0.4) is 0 Å². The molecule has 2 aromatic carbocycles. The molecule has 6 nitrogen and oxygen atoms in total. The van der Waals surface area contributed by atoms with Gasteiger partial charge < -0.3 is 20.9 Å². The average molecular weight is 506 g/mol. The van der Waals surface area contributed by atoms with E-state index in [1.807, 2.05) is 44.4 Å². The zero-order valence-electron chi connectivity index (χ0n) is 19.4. The van der Waals surface area contributed by atoms with Crippen molar-refractivity contribution in [3.05, 3.63) is 59.1 Å². The van der Waals surface area contributed by atoms with E-state index in [-0.39, 0.29) is 22.8 Å². The van der Waals surface area contributed by atoms with Crippen molar-refractivity contribution >= 4 is 45.7 Å². The van der Waals surface area contributed by atoms with Crippen molar-refractivity contribution in [3.63, 3.8) is 0 Å². The predicted octanol–water partition coefficient (Wildman–Crippen LogP) is 6.52. The quantitative estimate of drug-likeness (QED) is 0.369. The zero-order chi connectivity index (χ0) is 25.2. The molecule has 0 atom stereocenters. The van der Waals surface area contributed by atoms with E-state index in [1.54, 1.807) is 0 Å². The van der Waals surface area contributed by atoms with Gasteiger partial charge in [0.2, 0.25) is 0 Å². The van der Waals surface area contributed by atoms with Crippen molar-refractivity contribution in [2.24, 2.45) is 0 Å². The molecule has 0 bridgehead atoms. The summed E-state index contributed by atoms with van der Waals surface area (Å²) in [5.74, 6) is 0.795. The number of nitrogens with one attached hydrogen (secondary N) is 3. The molecule has 0 radical (unpaired) electrons.